The summed E-state index contributed by atoms with van der Waals surface area (Å²) in [6.45, 7) is 5.14. The Hall–Kier alpha value is -2.86. The first-order chi connectivity index (χ1) is 13.9. The second-order valence-electron chi connectivity index (χ2n) is 7.31. The Morgan fingerprint density at radius 3 is 2.59 bits per heavy atom. The van der Waals surface area contributed by atoms with E-state index in [0.29, 0.717) is 41.2 Å². The van der Waals surface area contributed by atoms with Gasteiger partial charge in [0.2, 0.25) is 0 Å². The molecule has 0 N–H and O–H groups in total. The van der Waals surface area contributed by atoms with Gasteiger partial charge in [0.25, 0.3) is 11.5 Å². The average Bonchev–Trinajstić information content (AvgIpc) is 2.69. The number of aromatic nitrogens is 2. The average molecular weight is 414 g/mol. The van der Waals surface area contributed by atoms with Crippen molar-refractivity contribution < 1.29 is 9.53 Å². The van der Waals surface area contributed by atoms with Crippen molar-refractivity contribution in [3.8, 4) is 5.75 Å². The van der Waals surface area contributed by atoms with E-state index in [1.807, 2.05) is 19.9 Å². The molecular weight excluding hydrogens is 390 g/mol. The van der Waals surface area contributed by atoms with E-state index in [2.05, 4.69) is 5.10 Å². The number of amides is 1. The molecule has 152 valence electrons. The van der Waals surface area contributed by atoms with Crippen LogP contribution in [0.1, 0.15) is 24.3 Å². The van der Waals surface area contributed by atoms with E-state index in [0.717, 1.165) is 0 Å². The molecule has 0 radical (unpaired) electrons. The molecule has 1 amide bonds. The monoisotopic (exact) mass is 413 g/mol. The van der Waals surface area contributed by atoms with Gasteiger partial charge >= 0.3 is 0 Å². The van der Waals surface area contributed by atoms with Crippen molar-refractivity contribution in [3.63, 3.8) is 0 Å². The van der Waals surface area contributed by atoms with Gasteiger partial charge in [0.1, 0.15) is 12.4 Å². The predicted octanol–water partition coefficient (Wildman–Crippen LogP) is 3.86. The molecule has 3 aromatic rings. The molecule has 29 heavy (non-hydrogen) atoms. The summed E-state index contributed by atoms with van der Waals surface area (Å²) >= 11 is 5.96. The molecule has 0 aliphatic rings. The van der Waals surface area contributed by atoms with Crippen LogP contribution < -0.4 is 10.3 Å². The standard InChI is InChI=1S/C22H24ClN3O3/c1-15(2)14-26-21(27)19-10-5-4-9-18(19)20(24-26)22(28)25(3)11-12-29-17-8-6-7-16(23)13-17/h4-10,13,15H,11-12,14H2,1-3H3. The Kier molecular flexibility index (Phi) is 6.54. The fourth-order valence-corrected chi connectivity index (χ4v) is 3.18. The second-order valence-corrected chi connectivity index (χ2v) is 7.74. The van der Waals surface area contributed by atoms with Crippen molar-refractivity contribution in [1.29, 1.82) is 0 Å². The first-order valence-corrected chi connectivity index (χ1v) is 9.88. The molecular formula is C22H24ClN3O3. The largest absolute Gasteiger partial charge is 0.492 e. The van der Waals surface area contributed by atoms with Crippen molar-refractivity contribution in [2.75, 3.05) is 20.2 Å². The number of hydrogen-bond acceptors (Lipinski definition) is 4. The smallest absolute Gasteiger partial charge is 0.274 e. The summed E-state index contributed by atoms with van der Waals surface area (Å²) in [5, 5.41) is 6.04. The Morgan fingerprint density at radius 2 is 1.90 bits per heavy atom. The zero-order chi connectivity index (χ0) is 21.0. The van der Waals surface area contributed by atoms with Crippen LogP contribution in [0, 0.1) is 5.92 Å². The van der Waals surface area contributed by atoms with Crippen LogP contribution in [0.2, 0.25) is 5.02 Å². The molecule has 2 aromatic carbocycles. The Balaban J connectivity index is 1.81. The maximum atomic E-state index is 13.1. The van der Waals surface area contributed by atoms with Crippen molar-refractivity contribution in [1.82, 2.24) is 14.7 Å². The minimum atomic E-state index is -0.256. The van der Waals surface area contributed by atoms with Crippen LogP contribution in [0.5, 0.6) is 5.75 Å². The van der Waals surface area contributed by atoms with Crippen LogP contribution in [0.25, 0.3) is 10.8 Å². The zero-order valence-electron chi connectivity index (χ0n) is 16.8. The highest BCUT2D eigenvalue weighted by atomic mass is 35.5. The minimum absolute atomic E-state index is 0.183. The molecule has 6 nitrogen and oxygen atoms in total. The topological polar surface area (TPSA) is 64.4 Å². The van der Waals surface area contributed by atoms with E-state index >= 15 is 0 Å². The first kappa shape index (κ1) is 20.9. The van der Waals surface area contributed by atoms with E-state index in [-0.39, 0.29) is 23.1 Å². The van der Waals surface area contributed by atoms with Gasteiger partial charge in [0.05, 0.1) is 11.9 Å². The highest BCUT2D eigenvalue weighted by Gasteiger charge is 2.20. The number of carbonyl (C=O) groups is 1. The summed E-state index contributed by atoms with van der Waals surface area (Å²) in [4.78, 5) is 27.3. The maximum Gasteiger partial charge on any atom is 0.274 e. The quantitative estimate of drug-likeness (QED) is 0.590. The summed E-state index contributed by atoms with van der Waals surface area (Å²) in [5.41, 5.74) is 0.0869. The third-order valence-corrected chi connectivity index (χ3v) is 4.68. The van der Waals surface area contributed by atoms with Gasteiger partial charge in [-0.15, -0.1) is 0 Å². The molecule has 0 bridgehead atoms. The Labute approximate surface area is 174 Å². The first-order valence-electron chi connectivity index (χ1n) is 9.50. The predicted molar refractivity (Wildman–Crippen MR) is 115 cm³/mol. The fourth-order valence-electron chi connectivity index (χ4n) is 3.00. The van der Waals surface area contributed by atoms with Crippen molar-refractivity contribution in [2.45, 2.75) is 20.4 Å². The molecule has 1 heterocycles. The van der Waals surface area contributed by atoms with Crippen LogP contribution in [-0.4, -0.2) is 40.8 Å². The number of likely N-dealkylation sites (N-methyl/N-ethyl adjacent to an activating group) is 1. The molecule has 0 aliphatic carbocycles. The number of ether oxygens (including phenoxy) is 1. The molecule has 0 unspecified atom stereocenters. The van der Waals surface area contributed by atoms with Crippen molar-refractivity contribution >= 4 is 28.3 Å². The summed E-state index contributed by atoms with van der Waals surface area (Å²) in [7, 11) is 1.69. The van der Waals surface area contributed by atoms with Gasteiger partial charge in [-0.05, 0) is 30.2 Å². The zero-order valence-corrected chi connectivity index (χ0v) is 17.5. The van der Waals surface area contributed by atoms with Gasteiger partial charge in [0, 0.05) is 24.0 Å². The normalized spacial score (nSPS) is 11.1. The van der Waals surface area contributed by atoms with Crippen LogP contribution in [-0.2, 0) is 6.54 Å². The summed E-state index contributed by atoms with van der Waals surface area (Å²) in [5.74, 6) is 0.619. The van der Waals surface area contributed by atoms with Crippen molar-refractivity contribution in [2.24, 2.45) is 5.92 Å². The van der Waals surface area contributed by atoms with Crippen LogP contribution in [0.3, 0.4) is 0 Å². The molecule has 0 atom stereocenters. The Morgan fingerprint density at radius 1 is 1.17 bits per heavy atom. The lowest BCUT2D eigenvalue weighted by atomic mass is 10.1. The summed E-state index contributed by atoms with van der Waals surface area (Å²) in [6.07, 6.45) is 0. The SMILES string of the molecule is CC(C)Cn1nc(C(=O)N(C)CCOc2cccc(Cl)c2)c2ccccc2c1=O. The maximum absolute atomic E-state index is 13.1. The molecule has 0 saturated heterocycles. The molecule has 0 fully saturated rings. The molecule has 3 rings (SSSR count). The van der Waals surface area contributed by atoms with Gasteiger partial charge in [-0.25, -0.2) is 4.68 Å². The molecule has 0 saturated carbocycles. The van der Waals surface area contributed by atoms with E-state index in [1.165, 1.54) is 4.68 Å². The van der Waals surface area contributed by atoms with Crippen LogP contribution >= 0.6 is 11.6 Å². The third kappa shape index (κ3) is 4.95. The molecule has 1 aromatic heterocycles. The Bertz CT molecular complexity index is 1080. The number of rotatable bonds is 7. The van der Waals surface area contributed by atoms with Crippen LogP contribution in [0.15, 0.2) is 53.3 Å². The highest BCUT2D eigenvalue weighted by molar-refractivity contribution is 6.30. The number of halogens is 1. The number of fused-ring (bicyclic) bond motifs is 1. The van der Waals surface area contributed by atoms with Gasteiger partial charge in [0.15, 0.2) is 5.69 Å². The summed E-state index contributed by atoms with van der Waals surface area (Å²) in [6, 6.07) is 14.2. The highest BCUT2D eigenvalue weighted by Crippen LogP contribution is 2.18. The van der Waals surface area contributed by atoms with Crippen LogP contribution in [0.4, 0.5) is 0 Å². The summed E-state index contributed by atoms with van der Waals surface area (Å²) < 4.78 is 7.06. The minimum Gasteiger partial charge on any atom is -0.492 e. The number of carbonyl (C=O) groups excluding carboxylic acids is 1. The number of hydrogen-bond donors (Lipinski definition) is 0. The van der Waals surface area contributed by atoms with Gasteiger partial charge in [-0.3, -0.25) is 9.59 Å². The van der Waals surface area contributed by atoms with Gasteiger partial charge < -0.3 is 9.64 Å². The lowest BCUT2D eigenvalue weighted by molar-refractivity contribution is 0.0767. The third-order valence-electron chi connectivity index (χ3n) is 4.45. The number of benzene rings is 2. The fraction of sp³-hybridized carbons (Fsp3) is 0.318. The van der Waals surface area contributed by atoms with E-state index in [9.17, 15) is 9.59 Å². The van der Waals surface area contributed by atoms with E-state index in [1.54, 1.807) is 54.4 Å². The van der Waals surface area contributed by atoms with Gasteiger partial charge in [-0.1, -0.05) is 49.7 Å². The van der Waals surface area contributed by atoms with Gasteiger partial charge in [-0.2, -0.15) is 5.10 Å². The lowest BCUT2D eigenvalue weighted by Gasteiger charge is -2.19. The molecule has 0 spiro atoms. The van der Waals surface area contributed by atoms with E-state index < -0.39 is 0 Å². The molecule has 7 heteroatoms. The second kappa shape index (κ2) is 9.09. The van der Waals surface area contributed by atoms with E-state index in [4.69, 9.17) is 16.3 Å². The van der Waals surface area contributed by atoms with Crippen molar-refractivity contribution in [3.05, 3.63) is 69.6 Å². The number of nitrogens with zero attached hydrogens (tertiary/aromatic N) is 3. The molecule has 0 aliphatic heterocycles. The lowest BCUT2D eigenvalue weighted by Crippen LogP contribution is -2.34.